The fourth-order valence-corrected chi connectivity index (χ4v) is 3.86. The van der Waals surface area contributed by atoms with Crippen LogP contribution in [0.5, 0.6) is 0 Å². The van der Waals surface area contributed by atoms with Crippen LogP contribution in [0.4, 0.5) is 0 Å². The summed E-state index contributed by atoms with van der Waals surface area (Å²) in [7, 11) is 0. The molecule has 0 aromatic heterocycles. The van der Waals surface area contributed by atoms with Gasteiger partial charge in [-0.05, 0) is 48.7 Å². The first-order valence-corrected chi connectivity index (χ1v) is 12.0. The zero-order valence-electron chi connectivity index (χ0n) is 19.0. The molecule has 33 heavy (non-hydrogen) atoms. The molecule has 6 nitrogen and oxygen atoms in total. The quantitative estimate of drug-likeness (QED) is 0.418. The van der Waals surface area contributed by atoms with E-state index in [1.54, 1.807) is 0 Å². The van der Waals surface area contributed by atoms with Crippen molar-refractivity contribution >= 4 is 23.2 Å². The van der Waals surface area contributed by atoms with Crippen molar-refractivity contribution in [2.75, 3.05) is 19.8 Å². The summed E-state index contributed by atoms with van der Waals surface area (Å²) >= 11 is 12.0. The van der Waals surface area contributed by atoms with Crippen LogP contribution >= 0.6 is 23.2 Å². The molecule has 0 saturated carbocycles. The summed E-state index contributed by atoms with van der Waals surface area (Å²) in [6.45, 7) is 5.76. The lowest BCUT2D eigenvalue weighted by Crippen LogP contribution is -2.44. The van der Waals surface area contributed by atoms with Gasteiger partial charge in [-0.25, -0.2) is 0 Å². The number of aliphatic hydroxyl groups excluding tert-OH is 1. The summed E-state index contributed by atoms with van der Waals surface area (Å²) in [5, 5.41) is 12.1. The van der Waals surface area contributed by atoms with Crippen molar-refractivity contribution in [1.82, 2.24) is 0 Å². The van der Waals surface area contributed by atoms with Crippen LogP contribution in [0, 0.1) is 0 Å². The third-order valence-corrected chi connectivity index (χ3v) is 5.79. The van der Waals surface area contributed by atoms with Crippen LogP contribution in [0.25, 0.3) is 0 Å². The number of benzene rings is 2. The largest absolute Gasteiger partial charge is 0.385 e. The Hall–Kier alpha value is -1.22. The normalized spacial score (nSPS) is 23.7. The molecule has 1 aliphatic rings. The van der Waals surface area contributed by atoms with Crippen LogP contribution < -0.4 is 0 Å². The maximum absolute atomic E-state index is 10.8. The van der Waals surface area contributed by atoms with Crippen molar-refractivity contribution in [2.45, 2.75) is 64.2 Å². The lowest BCUT2D eigenvalue weighted by Gasteiger charge is -2.28. The number of hydrogen-bond donors (Lipinski definition) is 1. The fraction of sp³-hybridized carbons (Fsp3) is 0.520. The first-order valence-electron chi connectivity index (χ1n) is 11.3. The molecule has 1 N–H and O–H groups in total. The molecule has 4 unspecified atom stereocenters. The molecule has 1 fully saturated rings. The molecule has 0 radical (unpaired) electrons. The highest BCUT2D eigenvalue weighted by Gasteiger charge is 2.49. The van der Waals surface area contributed by atoms with E-state index in [1.807, 2.05) is 62.4 Å². The lowest BCUT2D eigenvalue weighted by molar-refractivity contribution is -0.189. The summed E-state index contributed by atoms with van der Waals surface area (Å²) in [5.74, 6) is 0. The molecule has 0 amide bonds. The zero-order chi connectivity index (χ0) is 23.6. The second kappa shape index (κ2) is 13.6. The van der Waals surface area contributed by atoms with Gasteiger partial charge in [-0.1, -0.05) is 54.4 Å². The van der Waals surface area contributed by atoms with Crippen LogP contribution in [0.3, 0.4) is 0 Å². The average molecular weight is 499 g/mol. The first kappa shape index (κ1) is 26.4. The third kappa shape index (κ3) is 7.91. The van der Waals surface area contributed by atoms with Crippen molar-refractivity contribution < 1.29 is 28.8 Å². The predicted molar refractivity (Wildman–Crippen MR) is 127 cm³/mol. The Morgan fingerprint density at radius 3 is 2.09 bits per heavy atom. The van der Waals surface area contributed by atoms with Gasteiger partial charge in [0.05, 0.1) is 19.8 Å². The van der Waals surface area contributed by atoms with E-state index in [-0.39, 0.29) is 6.61 Å². The molecule has 5 atom stereocenters. The standard InChI is InChI=1S/C25H32Cl2O6/c1-3-13-31-24-22(28)25(30-4-2)33-23(24)21(32-15-18-7-11-20(27)12-8-18)16-29-14-17-5-9-19(26)10-6-17/h5-12,21-25,28H,3-4,13-16H2,1-2H3/t21-,22?,23?,24?,25?/m1/s1. The summed E-state index contributed by atoms with van der Waals surface area (Å²) in [6, 6.07) is 14.9. The number of aliphatic hydroxyl groups is 1. The molecule has 1 heterocycles. The first-order chi connectivity index (χ1) is 16.0. The Labute approximate surface area is 205 Å². The second-order valence-corrected chi connectivity index (χ2v) is 8.74. The predicted octanol–water partition coefficient (Wildman–Crippen LogP) is 5.01. The highest BCUT2D eigenvalue weighted by atomic mass is 35.5. The third-order valence-electron chi connectivity index (χ3n) is 5.28. The van der Waals surface area contributed by atoms with Crippen molar-refractivity contribution in [3.8, 4) is 0 Å². The molecule has 2 aromatic carbocycles. The molecule has 0 aliphatic carbocycles. The second-order valence-electron chi connectivity index (χ2n) is 7.87. The molecular formula is C25H32Cl2O6. The summed E-state index contributed by atoms with van der Waals surface area (Å²) in [4.78, 5) is 0. The topological polar surface area (TPSA) is 66.4 Å². The molecule has 2 aromatic rings. The van der Waals surface area contributed by atoms with E-state index >= 15 is 0 Å². The van der Waals surface area contributed by atoms with Crippen LogP contribution in [0.2, 0.25) is 10.0 Å². The number of hydrogen-bond acceptors (Lipinski definition) is 6. The van der Waals surface area contributed by atoms with E-state index in [1.165, 1.54) is 0 Å². The minimum absolute atomic E-state index is 0.248. The van der Waals surface area contributed by atoms with Gasteiger partial charge in [0.25, 0.3) is 0 Å². The molecule has 8 heteroatoms. The van der Waals surface area contributed by atoms with Crippen molar-refractivity contribution in [3.05, 3.63) is 69.7 Å². The van der Waals surface area contributed by atoms with Crippen molar-refractivity contribution in [1.29, 1.82) is 0 Å². The Bertz CT molecular complexity index is 817. The molecule has 1 aliphatic heterocycles. The molecule has 0 spiro atoms. The van der Waals surface area contributed by atoms with Crippen LogP contribution in [-0.2, 0) is 36.9 Å². The lowest BCUT2D eigenvalue weighted by atomic mass is 10.1. The minimum Gasteiger partial charge on any atom is -0.385 e. The van der Waals surface area contributed by atoms with Gasteiger partial charge in [0.1, 0.15) is 24.4 Å². The highest BCUT2D eigenvalue weighted by molar-refractivity contribution is 6.30. The van der Waals surface area contributed by atoms with Crippen LogP contribution in [-0.4, -0.2) is 55.6 Å². The minimum atomic E-state index is -0.917. The number of ether oxygens (including phenoxy) is 5. The maximum Gasteiger partial charge on any atom is 0.186 e. The zero-order valence-corrected chi connectivity index (χ0v) is 20.5. The monoisotopic (exact) mass is 498 g/mol. The Balaban J connectivity index is 1.71. The van der Waals surface area contributed by atoms with Gasteiger partial charge in [0.15, 0.2) is 6.29 Å². The number of halogens is 2. The average Bonchev–Trinajstić information content (AvgIpc) is 3.12. The van der Waals surface area contributed by atoms with Gasteiger partial charge in [-0.3, -0.25) is 0 Å². The fourth-order valence-electron chi connectivity index (χ4n) is 3.61. The summed E-state index contributed by atoms with van der Waals surface area (Å²) in [6.07, 6.45) is -2.51. The van der Waals surface area contributed by atoms with E-state index in [0.29, 0.717) is 36.5 Å². The molecule has 3 rings (SSSR count). The Morgan fingerprint density at radius 1 is 0.909 bits per heavy atom. The Kier molecular flexibility index (Phi) is 10.9. The van der Waals surface area contributed by atoms with Gasteiger partial charge in [0, 0.05) is 23.3 Å². The van der Waals surface area contributed by atoms with Gasteiger partial charge in [-0.2, -0.15) is 0 Å². The Morgan fingerprint density at radius 2 is 1.52 bits per heavy atom. The smallest absolute Gasteiger partial charge is 0.186 e. The van der Waals surface area contributed by atoms with E-state index in [9.17, 15) is 5.11 Å². The van der Waals surface area contributed by atoms with Gasteiger partial charge in [0.2, 0.25) is 0 Å². The van der Waals surface area contributed by atoms with Crippen LogP contribution in [0.15, 0.2) is 48.5 Å². The van der Waals surface area contributed by atoms with Gasteiger partial charge in [-0.15, -0.1) is 0 Å². The molecule has 1 saturated heterocycles. The van der Waals surface area contributed by atoms with Gasteiger partial charge < -0.3 is 28.8 Å². The number of rotatable bonds is 13. The van der Waals surface area contributed by atoms with E-state index in [0.717, 1.165) is 17.5 Å². The van der Waals surface area contributed by atoms with Crippen molar-refractivity contribution in [2.24, 2.45) is 0 Å². The summed E-state index contributed by atoms with van der Waals surface area (Å²) in [5.41, 5.74) is 1.96. The van der Waals surface area contributed by atoms with Crippen molar-refractivity contribution in [3.63, 3.8) is 0 Å². The van der Waals surface area contributed by atoms with Crippen LogP contribution in [0.1, 0.15) is 31.4 Å². The van der Waals surface area contributed by atoms with E-state index < -0.39 is 30.7 Å². The molecular weight excluding hydrogens is 467 g/mol. The maximum atomic E-state index is 10.8. The SMILES string of the molecule is CCCOC1C(O)C(OCC)OC1[C@@H](COCc1ccc(Cl)cc1)OCc1ccc(Cl)cc1. The summed E-state index contributed by atoms with van der Waals surface area (Å²) < 4.78 is 29.8. The van der Waals surface area contributed by atoms with E-state index in [2.05, 4.69) is 0 Å². The van der Waals surface area contributed by atoms with E-state index in [4.69, 9.17) is 46.9 Å². The highest BCUT2D eigenvalue weighted by Crippen LogP contribution is 2.29. The molecule has 0 bridgehead atoms. The van der Waals surface area contributed by atoms with Gasteiger partial charge >= 0.3 is 0 Å². The molecule has 182 valence electrons.